The first-order chi connectivity index (χ1) is 37.1. The third-order valence-corrected chi connectivity index (χ3v) is 14.6. The molecule has 0 radical (unpaired) electrons. The lowest BCUT2D eigenvalue weighted by atomic mass is 9.95. The molecule has 0 aliphatic heterocycles. The number of para-hydroxylation sites is 1. The van der Waals surface area contributed by atoms with E-state index >= 15 is 0 Å². The van der Waals surface area contributed by atoms with Gasteiger partial charge in [-0.2, -0.15) is 0 Å². The second kappa shape index (κ2) is 17.3. The van der Waals surface area contributed by atoms with Gasteiger partial charge in [0.1, 0.15) is 22.3 Å². The van der Waals surface area contributed by atoms with E-state index in [9.17, 15) is 0 Å². The van der Waals surface area contributed by atoms with Crippen LogP contribution >= 0.6 is 0 Å². The molecule has 6 heteroatoms. The first kappa shape index (κ1) is 42.5. The minimum Gasteiger partial charge on any atom is -0.456 e. The van der Waals surface area contributed by atoms with Crippen molar-refractivity contribution >= 4 is 65.7 Å². The Balaban J connectivity index is 0.770. The van der Waals surface area contributed by atoms with Gasteiger partial charge < -0.3 is 13.4 Å². The van der Waals surface area contributed by atoms with Gasteiger partial charge in [0, 0.05) is 54.7 Å². The smallest absolute Gasteiger partial charge is 0.164 e. The van der Waals surface area contributed by atoms with Crippen LogP contribution in [0.3, 0.4) is 0 Å². The van der Waals surface area contributed by atoms with Crippen molar-refractivity contribution in [2.45, 2.75) is 0 Å². The summed E-state index contributed by atoms with van der Waals surface area (Å²) >= 11 is 0. The number of fused-ring (bicyclic) bond motifs is 9. The van der Waals surface area contributed by atoms with Gasteiger partial charge in [0.15, 0.2) is 17.5 Å². The van der Waals surface area contributed by atoms with Crippen molar-refractivity contribution in [3.05, 3.63) is 255 Å². The molecule has 0 fully saturated rings. The molecule has 0 saturated carbocycles. The summed E-state index contributed by atoms with van der Waals surface area (Å²) in [5.41, 5.74) is 18.5. The van der Waals surface area contributed by atoms with Crippen molar-refractivity contribution in [2.24, 2.45) is 0 Å². The third-order valence-electron chi connectivity index (χ3n) is 14.6. The van der Waals surface area contributed by atoms with E-state index in [1.54, 1.807) is 0 Å². The van der Waals surface area contributed by atoms with E-state index in [4.69, 9.17) is 23.8 Å². The summed E-state index contributed by atoms with van der Waals surface area (Å²) in [5, 5.41) is 6.73. The molecule has 0 atom stereocenters. The number of furan rings is 2. The second-order valence-corrected chi connectivity index (χ2v) is 19.1. The molecule has 6 nitrogen and oxygen atoms in total. The van der Waals surface area contributed by atoms with E-state index in [-0.39, 0.29) is 0 Å². The van der Waals surface area contributed by atoms with Crippen molar-refractivity contribution in [1.82, 2.24) is 19.5 Å². The molecule has 15 rings (SSSR count). The molecule has 0 aliphatic rings. The molecule has 0 amide bonds. The Hall–Kier alpha value is -10.2. The van der Waals surface area contributed by atoms with Crippen LogP contribution in [0, 0.1) is 0 Å². The maximum Gasteiger partial charge on any atom is 0.164 e. The summed E-state index contributed by atoms with van der Waals surface area (Å²) in [7, 11) is 0. The van der Waals surface area contributed by atoms with Crippen LogP contribution in [-0.4, -0.2) is 19.5 Å². The van der Waals surface area contributed by atoms with Crippen molar-refractivity contribution in [3.8, 4) is 84.4 Å². The Labute approximate surface area is 431 Å². The average molecular weight is 959 g/mol. The molecule has 350 valence electrons. The van der Waals surface area contributed by atoms with Crippen LogP contribution < -0.4 is 0 Å². The first-order valence-electron chi connectivity index (χ1n) is 25.2. The van der Waals surface area contributed by atoms with E-state index in [0.717, 1.165) is 99.6 Å². The lowest BCUT2D eigenvalue weighted by Crippen LogP contribution is -2.00. The summed E-state index contributed by atoms with van der Waals surface area (Å²) in [4.78, 5) is 14.9. The normalized spacial score (nSPS) is 11.7. The molecule has 0 aliphatic carbocycles. The lowest BCUT2D eigenvalue weighted by Gasteiger charge is -2.10. The van der Waals surface area contributed by atoms with Gasteiger partial charge in [-0.15, -0.1) is 0 Å². The van der Waals surface area contributed by atoms with E-state index in [1.165, 1.54) is 32.9 Å². The highest BCUT2D eigenvalue weighted by atomic mass is 16.3. The van der Waals surface area contributed by atoms with Gasteiger partial charge in [-0.05, 0) is 123 Å². The molecule has 0 saturated heterocycles. The molecular weight excluding hydrogens is 917 g/mol. The largest absolute Gasteiger partial charge is 0.456 e. The zero-order chi connectivity index (χ0) is 49.4. The molecular formula is C69H42N4O2. The van der Waals surface area contributed by atoms with Crippen molar-refractivity contribution in [2.75, 3.05) is 0 Å². The molecule has 0 spiro atoms. The minimum atomic E-state index is 0.612. The predicted molar refractivity (Wildman–Crippen MR) is 307 cm³/mol. The van der Waals surface area contributed by atoms with Gasteiger partial charge >= 0.3 is 0 Å². The van der Waals surface area contributed by atoms with Crippen molar-refractivity contribution in [3.63, 3.8) is 0 Å². The Bertz CT molecular complexity index is 4650. The average Bonchev–Trinajstić information content (AvgIpc) is 4.20. The quantitative estimate of drug-likeness (QED) is 0.152. The second-order valence-electron chi connectivity index (χ2n) is 19.1. The SMILES string of the molecule is c1ccc(-c2ccc3c(c2)c2ccccc2n3-c2ccc3oc4ccc(-c5cccc(-c6ccc7c(c6)oc6cccc(-c8cccc(-c9nc(-c%10ccccc%10)nc(-c%10ccccc%10)n9)c8)c67)c5)cc4c3c2)cc1. The van der Waals surface area contributed by atoms with Gasteiger partial charge in [-0.1, -0.05) is 176 Å². The molecule has 0 unspecified atom stereocenters. The Kier molecular flexibility index (Phi) is 9.78. The van der Waals surface area contributed by atoms with E-state index in [2.05, 4.69) is 199 Å². The number of nitrogens with zero attached hydrogens (tertiary/aromatic N) is 4. The number of rotatable bonds is 8. The molecule has 11 aromatic carbocycles. The maximum absolute atomic E-state index is 6.68. The van der Waals surface area contributed by atoms with Crippen LogP contribution in [-0.2, 0) is 0 Å². The first-order valence-corrected chi connectivity index (χ1v) is 25.2. The van der Waals surface area contributed by atoms with Crippen LogP contribution in [0.1, 0.15) is 0 Å². The Morgan fingerprint density at radius 2 is 0.747 bits per heavy atom. The number of hydrogen-bond donors (Lipinski definition) is 0. The number of benzene rings is 11. The minimum absolute atomic E-state index is 0.612. The fourth-order valence-electron chi connectivity index (χ4n) is 11.0. The van der Waals surface area contributed by atoms with Gasteiger partial charge in [0.05, 0.1) is 11.0 Å². The molecule has 15 aromatic rings. The Morgan fingerprint density at radius 1 is 0.253 bits per heavy atom. The van der Waals surface area contributed by atoms with E-state index in [0.29, 0.717) is 17.5 Å². The van der Waals surface area contributed by atoms with Crippen molar-refractivity contribution in [1.29, 1.82) is 0 Å². The van der Waals surface area contributed by atoms with Crippen LogP contribution in [0.15, 0.2) is 264 Å². The zero-order valence-electron chi connectivity index (χ0n) is 40.4. The molecule has 4 aromatic heterocycles. The lowest BCUT2D eigenvalue weighted by molar-refractivity contribution is 0.668. The van der Waals surface area contributed by atoms with Gasteiger partial charge in [-0.3, -0.25) is 0 Å². The van der Waals surface area contributed by atoms with E-state index < -0.39 is 0 Å². The van der Waals surface area contributed by atoms with E-state index in [1.807, 2.05) is 60.7 Å². The molecule has 75 heavy (non-hydrogen) atoms. The fourth-order valence-corrected chi connectivity index (χ4v) is 11.0. The summed E-state index contributed by atoms with van der Waals surface area (Å²) in [6.07, 6.45) is 0. The van der Waals surface area contributed by atoms with Gasteiger partial charge in [-0.25, -0.2) is 15.0 Å². The summed E-state index contributed by atoms with van der Waals surface area (Å²) < 4.78 is 15.5. The van der Waals surface area contributed by atoms with Gasteiger partial charge in [0.25, 0.3) is 0 Å². The predicted octanol–water partition coefficient (Wildman–Crippen LogP) is 18.4. The summed E-state index contributed by atoms with van der Waals surface area (Å²) in [6, 6.07) is 89.4. The molecule has 4 heterocycles. The molecule has 0 bridgehead atoms. The Morgan fingerprint density at radius 3 is 1.49 bits per heavy atom. The number of aromatic nitrogens is 4. The molecule has 0 N–H and O–H groups in total. The van der Waals surface area contributed by atoms with Crippen LogP contribution in [0.2, 0.25) is 0 Å². The highest BCUT2D eigenvalue weighted by molar-refractivity contribution is 6.14. The maximum atomic E-state index is 6.68. The zero-order valence-corrected chi connectivity index (χ0v) is 40.4. The fraction of sp³-hybridized carbons (Fsp3) is 0. The summed E-state index contributed by atoms with van der Waals surface area (Å²) in [6.45, 7) is 0. The van der Waals surface area contributed by atoms with Crippen LogP contribution in [0.5, 0.6) is 0 Å². The summed E-state index contributed by atoms with van der Waals surface area (Å²) in [5.74, 6) is 1.87. The highest BCUT2D eigenvalue weighted by Crippen LogP contribution is 2.42. The third kappa shape index (κ3) is 7.30. The number of hydrogen-bond acceptors (Lipinski definition) is 5. The van der Waals surface area contributed by atoms with Crippen LogP contribution in [0.4, 0.5) is 0 Å². The van der Waals surface area contributed by atoms with Crippen LogP contribution in [0.25, 0.3) is 150 Å². The topological polar surface area (TPSA) is 69.9 Å². The highest BCUT2D eigenvalue weighted by Gasteiger charge is 2.19. The standard InChI is InChI=1S/C69H42N4O2/c1-4-15-43(16-5-1)48-30-34-61-57(39-48)55-25-10-11-27-60(55)73(61)53-32-36-63-59(42-53)58-40-49(31-35-62(58)74-63)46-21-12-22-47(37-46)50-29-33-56-65(41-50)75-64-28-14-26-54(66(56)64)51-23-13-24-52(38-51)69-71-67(44-17-6-2-7-18-44)70-68(72-69)45-19-8-3-9-20-45/h1-42H. The monoisotopic (exact) mass is 958 g/mol. The van der Waals surface area contributed by atoms with Gasteiger partial charge in [0.2, 0.25) is 0 Å². The van der Waals surface area contributed by atoms with Crippen molar-refractivity contribution < 1.29 is 8.83 Å².